The van der Waals surface area contributed by atoms with Gasteiger partial charge in [-0.2, -0.15) is 0 Å². The molecule has 1 heterocycles. The molecule has 0 saturated carbocycles. The van der Waals surface area contributed by atoms with Crippen LogP contribution in [0.1, 0.15) is 5.56 Å². The van der Waals surface area contributed by atoms with Crippen molar-refractivity contribution in [3.8, 4) is 17.2 Å². The molecule has 0 spiro atoms. The van der Waals surface area contributed by atoms with Crippen LogP contribution in [0.3, 0.4) is 0 Å². The molecule has 1 aromatic heterocycles. The second-order valence-electron chi connectivity index (χ2n) is 5.51. The van der Waals surface area contributed by atoms with Crippen molar-refractivity contribution >= 4 is 23.0 Å². The number of anilines is 1. The van der Waals surface area contributed by atoms with E-state index < -0.39 is 0 Å². The minimum Gasteiger partial charge on any atom is -0.497 e. The Balaban J connectivity index is 1.57. The largest absolute Gasteiger partial charge is 0.497 e. The number of nitrogens with one attached hydrogen (secondary N) is 2. The number of nitrogens with zero attached hydrogens (tertiary/aromatic N) is 2. The van der Waals surface area contributed by atoms with Gasteiger partial charge in [0.2, 0.25) is 0 Å². The summed E-state index contributed by atoms with van der Waals surface area (Å²) in [5.74, 6) is 1.39. The zero-order valence-corrected chi connectivity index (χ0v) is 15.4. The molecule has 26 heavy (non-hydrogen) atoms. The fourth-order valence-corrected chi connectivity index (χ4v) is 2.63. The first-order chi connectivity index (χ1) is 12.7. The molecule has 0 radical (unpaired) electrons. The molecule has 2 aromatic carbocycles. The fraction of sp³-hybridized carbons (Fsp3) is 0.158. The van der Waals surface area contributed by atoms with Crippen molar-refractivity contribution in [2.75, 3.05) is 19.5 Å². The number of rotatable bonds is 6. The van der Waals surface area contributed by atoms with Crippen molar-refractivity contribution in [3.05, 3.63) is 66.7 Å². The zero-order chi connectivity index (χ0) is 18.4. The molecule has 0 aliphatic carbocycles. The molecule has 7 heteroatoms. The molecular weight excluding hydrogens is 348 g/mol. The fourth-order valence-electron chi connectivity index (χ4n) is 2.45. The lowest BCUT2D eigenvalue weighted by Gasteiger charge is -2.14. The van der Waals surface area contributed by atoms with Crippen molar-refractivity contribution < 1.29 is 9.47 Å². The summed E-state index contributed by atoms with van der Waals surface area (Å²) in [7, 11) is 3.23. The summed E-state index contributed by atoms with van der Waals surface area (Å²) in [4.78, 5) is 4.05. The molecule has 3 aromatic rings. The lowest BCUT2D eigenvalue weighted by molar-refractivity contribution is 0.395. The van der Waals surface area contributed by atoms with Crippen LogP contribution in [-0.2, 0) is 6.54 Å². The second kappa shape index (κ2) is 8.35. The highest BCUT2D eigenvalue weighted by molar-refractivity contribution is 7.80. The van der Waals surface area contributed by atoms with Gasteiger partial charge in [0, 0.05) is 30.7 Å². The summed E-state index contributed by atoms with van der Waals surface area (Å²) >= 11 is 5.37. The highest BCUT2D eigenvalue weighted by Crippen LogP contribution is 2.28. The summed E-state index contributed by atoms with van der Waals surface area (Å²) in [6.07, 6.45) is 5.44. The standard InChI is InChI=1S/C19H20N4O2S/c1-24-16-7-8-17(18(11-16)25-2)22-19(26)21-12-14-3-5-15(6-4-14)23-10-9-20-13-23/h3-11,13H,12H2,1-2H3,(H2,21,22,26). The number of imidazole rings is 1. The van der Waals surface area contributed by atoms with Crippen LogP contribution in [0.2, 0.25) is 0 Å². The van der Waals surface area contributed by atoms with E-state index in [0.717, 1.165) is 22.7 Å². The van der Waals surface area contributed by atoms with Crippen LogP contribution in [0.25, 0.3) is 5.69 Å². The van der Waals surface area contributed by atoms with Crippen LogP contribution in [0, 0.1) is 0 Å². The third-order valence-corrected chi connectivity index (χ3v) is 4.10. The zero-order valence-electron chi connectivity index (χ0n) is 14.6. The smallest absolute Gasteiger partial charge is 0.171 e. The van der Waals surface area contributed by atoms with Gasteiger partial charge in [-0.15, -0.1) is 0 Å². The molecule has 6 nitrogen and oxygen atoms in total. The third-order valence-electron chi connectivity index (χ3n) is 3.85. The lowest BCUT2D eigenvalue weighted by atomic mass is 10.2. The first kappa shape index (κ1) is 17.8. The maximum Gasteiger partial charge on any atom is 0.171 e. The highest BCUT2D eigenvalue weighted by atomic mass is 32.1. The van der Waals surface area contributed by atoms with E-state index >= 15 is 0 Å². The Morgan fingerprint density at radius 2 is 1.92 bits per heavy atom. The molecule has 0 amide bonds. The van der Waals surface area contributed by atoms with Gasteiger partial charge in [0.25, 0.3) is 0 Å². The topological polar surface area (TPSA) is 60.3 Å². The molecule has 0 unspecified atom stereocenters. The van der Waals surface area contributed by atoms with Crippen molar-refractivity contribution in [1.82, 2.24) is 14.9 Å². The maximum absolute atomic E-state index is 5.37. The second-order valence-corrected chi connectivity index (χ2v) is 5.92. The van der Waals surface area contributed by atoms with E-state index in [9.17, 15) is 0 Å². The molecule has 0 aliphatic heterocycles. The van der Waals surface area contributed by atoms with E-state index in [-0.39, 0.29) is 0 Å². The SMILES string of the molecule is COc1ccc(NC(=S)NCc2ccc(-n3ccnc3)cc2)c(OC)c1. The average Bonchev–Trinajstić information content (AvgIpc) is 3.22. The number of thiocarbonyl (C=S) groups is 1. The van der Waals surface area contributed by atoms with Gasteiger partial charge in [-0.25, -0.2) is 4.98 Å². The number of ether oxygens (including phenoxy) is 2. The van der Waals surface area contributed by atoms with E-state index in [1.165, 1.54) is 0 Å². The van der Waals surface area contributed by atoms with Gasteiger partial charge in [-0.1, -0.05) is 12.1 Å². The summed E-state index contributed by atoms with van der Waals surface area (Å²) < 4.78 is 12.5. The Bertz CT molecular complexity index is 864. The number of hydrogen-bond acceptors (Lipinski definition) is 4. The maximum atomic E-state index is 5.37. The lowest BCUT2D eigenvalue weighted by Crippen LogP contribution is -2.28. The third kappa shape index (κ3) is 4.31. The van der Waals surface area contributed by atoms with Gasteiger partial charge in [0.1, 0.15) is 11.5 Å². The predicted octanol–water partition coefficient (Wildman–Crippen LogP) is 3.38. The first-order valence-corrected chi connectivity index (χ1v) is 8.44. The van der Waals surface area contributed by atoms with Crippen LogP contribution < -0.4 is 20.1 Å². The van der Waals surface area contributed by atoms with Gasteiger partial charge in [-0.05, 0) is 42.0 Å². The summed E-state index contributed by atoms with van der Waals surface area (Å²) in [6, 6.07) is 13.7. The number of methoxy groups -OCH3 is 2. The molecule has 2 N–H and O–H groups in total. The molecule has 0 saturated heterocycles. The van der Waals surface area contributed by atoms with Crippen LogP contribution in [0.5, 0.6) is 11.5 Å². The molecule has 0 bridgehead atoms. The Morgan fingerprint density at radius 1 is 1.12 bits per heavy atom. The van der Waals surface area contributed by atoms with Crippen LogP contribution in [-0.4, -0.2) is 28.9 Å². The van der Waals surface area contributed by atoms with E-state index in [2.05, 4.69) is 27.8 Å². The van der Waals surface area contributed by atoms with Gasteiger partial charge in [0.15, 0.2) is 5.11 Å². The monoisotopic (exact) mass is 368 g/mol. The molecular formula is C19H20N4O2S. The van der Waals surface area contributed by atoms with Gasteiger partial charge in [-0.3, -0.25) is 0 Å². The molecule has 3 rings (SSSR count). The summed E-state index contributed by atoms with van der Waals surface area (Å²) in [5, 5.41) is 6.86. The highest BCUT2D eigenvalue weighted by Gasteiger charge is 2.07. The predicted molar refractivity (Wildman–Crippen MR) is 106 cm³/mol. The normalized spacial score (nSPS) is 10.2. The van der Waals surface area contributed by atoms with E-state index in [4.69, 9.17) is 21.7 Å². The van der Waals surface area contributed by atoms with Crippen molar-refractivity contribution in [3.63, 3.8) is 0 Å². The van der Waals surface area contributed by atoms with E-state index in [0.29, 0.717) is 17.4 Å². The number of benzene rings is 2. The Hall–Kier alpha value is -3.06. The van der Waals surface area contributed by atoms with E-state index in [1.54, 1.807) is 32.8 Å². The van der Waals surface area contributed by atoms with Crippen molar-refractivity contribution in [1.29, 1.82) is 0 Å². The van der Waals surface area contributed by atoms with Crippen molar-refractivity contribution in [2.45, 2.75) is 6.54 Å². The summed E-state index contributed by atoms with van der Waals surface area (Å²) in [6.45, 7) is 0.620. The molecule has 0 aliphatic rings. The first-order valence-electron chi connectivity index (χ1n) is 8.04. The van der Waals surface area contributed by atoms with E-state index in [1.807, 2.05) is 35.0 Å². The number of hydrogen-bond donors (Lipinski definition) is 2. The average molecular weight is 368 g/mol. The summed E-state index contributed by atoms with van der Waals surface area (Å²) in [5.41, 5.74) is 2.97. The molecule has 0 fully saturated rings. The minimum atomic E-state index is 0.521. The minimum absolute atomic E-state index is 0.521. The van der Waals surface area contributed by atoms with Crippen LogP contribution >= 0.6 is 12.2 Å². The molecule has 0 atom stereocenters. The van der Waals surface area contributed by atoms with Gasteiger partial charge < -0.3 is 24.7 Å². The Labute approximate surface area is 157 Å². The van der Waals surface area contributed by atoms with Crippen LogP contribution in [0.4, 0.5) is 5.69 Å². The Morgan fingerprint density at radius 3 is 2.58 bits per heavy atom. The quantitative estimate of drug-likeness (QED) is 0.651. The van der Waals surface area contributed by atoms with Gasteiger partial charge >= 0.3 is 0 Å². The number of aromatic nitrogens is 2. The van der Waals surface area contributed by atoms with Crippen molar-refractivity contribution in [2.24, 2.45) is 0 Å². The van der Waals surface area contributed by atoms with Gasteiger partial charge in [0.05, 0.1) is 26.2 Å². The van der Waals surface area contributed by atoms with Crippen LogP contribution in [0.15, 0.2) is 61.2 Å². The Kier molecular flexibility index (Phi) is 5.70. The molecule has 134 valence electrons.